The Hall–Kier alpha value is -4.04. The molecule has 1 aliphatic rings. The van der Waals surface area contributed by atoms with Crippen molar-refractivity contribution in [3.8, 4) is 22.5 Å². The number of nitrogens with two attached hydrogens (primary N) is 2. The number of benzene rings is 2. The van der Waals surface area contributed by atoms with E-state index in [9.17, 15) is 9.59 Å². The summed E-state index contributed by atoms with van der Waals surface area (Å²) in [5, 5.41) is 3.01. The van der Waals surface area contributed by atoms with Gasteiger partial charge in [0.25, 0.3) is 0 Å². The molecule has 5 rings (SSSR count). The van der Waals surface area contributed by atoms with E-state index < -0.39 is 11.9 Å². The van der Waals surface area contributed by atoms with Gasteiger partial charge < -0.3 is 21.8 Å². The quantitative estimate of drug-likeness (QED) is 0.397. The lowest BCUT2D eigenvalue weighted by atomic mass is 9.98. The molecule has 154 valence electrons. The maximum Gasteiger partial charge on any atom is 0.234 e. The van der Waals surface area contributed by atoms with Crippen LogP contribution in [0.1, 0.15) is 23.6 Å². The van der Waals surface area contributed by atoms with Crippen LogP contribution >= 0.6 is 0 Å². The predicted molar refractivity (Wildman–Crippen MR) is 117 cm³/mol. The fourth-order valence-corrected chi connectivity index (χ4v) is 4.11. The average molecular weight is 412 g/mol. The largest absolute Gasteiger partial charge is 0.368 e. The summed E-state index contributed by atoms with van der Waals surface area (Å²) in [7, 11) is 0. The number of hydrogen-bond donors (Lipinski definition) is 4. The van der Waals surface area contributed by atoms with Crippen molar-refractivity contribution in [3.63, 3.8) is 0 Å². The first kappa shape index (κ1) is 19.0. The Morgan fingerprint density at radius 2 is 1.84 bits per heavy atom. The molecule has 2 amide bonds. The Labute approximate surface area is 177 Å². The summed E-state index contributed by atoms with van der Waals surface area (Å²) >= 11 is 0. The number of primary amides is 1. The molecule has 0 saturated carbocycles. The maximum atomic E-state index is 12.6. The minimum atomic E-state index is -1.02. The second-order valence-electron chi connectivity index (χ2n) is 7.55. The van der Waals surface area contributed by atoms with E-state index in [0.717, 1.165) is 44.7 Å². The van der Waals surface area contributed by atoms with Crippen molar-refractivity contribution in [2.75, 3.05) is 0 Å². The number of carbonyl (C=O) groups excluding carboxylic acids is 2. The zero-order chi connectivity index (χ0) is 21.5. The molecule has 0 bridgehead atoms. The van der Waals surface area contributed by atoms with Crippen LogP contribution in [0.5, 0.6) is 0 Å². The molecule has 8 nitrogen and oxygen atoms in total. The number of pyridine rings is 1. The minimum absolute atomic E-state index is 0.167. The molecule has 2 atom stereocenters. The van der Waals surface area contributed by atoms with Crippen LogP contribution < -0.4 is 16.8 Å². The Bertz CT molecular complexity index is 1300. The van der Waals surface area contributed by atoms with Crippen molar-refractivity contribution in [2.24, 2.45) is 11.5 Å². The van der Waals surface area contributed by atoms with Crippen LogP contribution in [0.3, 0.4) is 0 Å². The number of H-pyrrole nitrogens is 1. The molecule has 8 heteroatoms. The van der Waals surface area contributed by atoms with Crippen molar-refractivity contribution in [1.29, 1.82) is 0 Å². The number of aromatic amines is 1. The first-order valence-electron chi connectivity index (χ1n) is 9.89. The molecule has 0 aliphatic heterocycles. The van der Waals surface area contributed by atoms with E-state index >= 15 is 0 Å². The number of hydrogen-bond acceptors (Lipinski definition) is 5. The lowest BCUT2D eigenvalue weighted by Gasteiger charge is -2.17. The van der Waals surface area contributed by atoms with E-state index in [1.807, 2.05) is 48.5 Å². The van der Waals surface area contributed by atoms with Crippen molar-refractivity contribution >= 4 is 22.8 Å². The number of rotatable bonds is 5. The third-order valence-corrected chi connectivity index (χ3v) is 5.56. The third-order valence-electron chi connectivity index (χ3n) is 5.56. The van der Waals surface area contributed by atoms with Gasteiger partial charge in [-0.3, -0.25) is 14.6 Å². The highest BCUT2D eigenvalue weighted by Crippen LogP contribution is 2.47. The van der Waals surface area contributed by atoms with E-state index in [0.29, 0.717) is 0 Å². The first-order chi connectivity index (χ1) is 15.0. The van der Waals surface area contributed by atoms with Crippen molar-refractivity contribution in [3.05, 3.63) is 72.1 Å². The number of nitrogens with zero attached hydrogens (tertiary/aromatic N) is 2. The van der Waals surface area contributed by atoms with Crippen LogP contribution in [0.25, 0.3) is 33.5 Å². The number of imidazole rings is 1. The van der Waals surface area contributed by atoms with Gasteiger partial charge in [0, 0.05) is 11.8 Å². The minimum Gasteiger partial charge on any atom is -0.368 e. The summed E-state index contributed by atoms with van der Waals surface area (Å²) in [5.41, 5.74) is 17.5. The zero-order valence-electron chi connectivity index (χ0n) is 16.5. The van der Waals surface area contributed by atoms with Gasteiger partial charge in [-0.25, -0.2) is 4.98 Å². The molecule has 0 saturated heterocycles. The van der Waals surface area contributed by atoms with Gasteiger partial charge >= 0.3 is 0 Å². The number of nitrogens with one attached hydrogen (secondary N) is 2. The van der Waals surface area contributed by atoms with Crippen LogP contribution in [0.15, 0.2) is 60.9 Å². The van der Waals surface area contributed by atoms with Gasteiger partial charge in [0.1, 0.15) is 5.82 Å². The molecule has 0 radical (unpaired) electrons. The molecule has 6 N–H and O–H groups in total. The lowest BCUT2D eigenvalue weighted by Crippen LogP contribution is -2.41. The normalized spacial score (nSPS) is 15.3. The van der Waals surface area contributed by atoms with Crippen LogP contribution in [-0.4, -0.2) is 32.8 Å². The Kier molecular flexibility index (Phi) is 4.48. The van der Waals surface area contributed by atoms with Crippen molar-refractivity contribution in [2.45, 2.75) is 18.5 Å². The molecular formula is C23H20N6O2. The highest BCUT2D eigenvalue weighted by molar-refractivity contribution is 5.93. The summed E-state index contributed by atoms with van der Waals surface area (Å²) < 4.78 is 0. The molecule has 0 spiro atoms. The van der Waals surface area contributed by atoms with Gasteiger partial charge in [0.15, 0.2) is 0 Å². The van der Waals surface area contributed by atoms with E-state index in [-0.39, 0.29) is 18.4 Å². The smallest absolute Gasteiger partial charge is 0.234 e. The highest BCUT2D eigenvalue weighted by Gasteiger charge is 2.32. The molecule has 2 heterocycles. The molecular weight excluding hydrogens is 392 g/mol. The summed E-state index contributed by atoms with van der Waals surface area (Å²) in [4.78, 5) is 36.0. The fraction of sp³-hybridized carbons (Fsp3) is 0.130. The Balaban J connectivity index is 1.59. The topological polar surface area (TPSA) is 140 Å². The van der Waals surface area contributed by atoms with Gasteiger partial charge in [-0.1, -0.05) is 42.5 Å². The van der Waals surface area contributed by atoms with Gasteiger partial charge in [0.2, 0.25) is 11.8 Å². The molecule has 0 unspecified atom stereocenters. The summed E-state index contributed by atoms with van der Waals surface area (Å²) in [6.07, 6.45) is 3.29. The monoisotopic (exact) mass is 412 g/mol. The van der Waals surface area contributed by atoms with Crippen LogP contribution in [0, 0.1) is 0 Å². The SMILES string of the molecule is NC(=O)[C@H](N)CC(=O)N[C@@H]1c2ccccc2-c2c(-c3nc4ccncc4[nH]3)cccc21. The van der Waals surface area contributed by atoms with Gasteiger partial charge in [-0.05, 0) is 28.3 Å². The average Bonchev–Trinajstić information content (AvgIpc) is 3.33. The second kappa shape index (κ2) is 7.33. The first-order valence-corrected chi connectivity index (χ1v) is 9.89. The summed E-state index contributed by atoms with van der Waals surface area (Å²) in [5.74, 6) is -0.305. The van der Waals surface area contributed by atoms with Crippen LogP contribution in [0.2, 0.25) is 0 Å². The maximum absolute atomic E-state index is 12.6. The van der Waals surface area contributed by atoms with Crippen molar-refractivity contribution < 1.29 is 9.59 Å². The Morgan fingerprint density at radius 1 is 1.06 bits per heavy atom. The highest BCUT2D eigenvalue weighted by atomic mass is 16.2. The summed E-state index contributed by atoms with van der Waals surface area (Å²) in [6.45, 7) is 0. The Morgan fingerprint density at radius 3 is 2.65 bits per heavy atom. The molecule has 31 heavy (non-hydrogen) atoms. The van der Waals surface area contributed by atoms with Gasteiger partial charge in [-0.2, -0.15) is 0 Å². The van der Waals surface area contributed by atoms with E-state index in [2.05, 4.69) is 15.3 Å². The number of fused-ring (bicyclic) bond motifs is 4. The molecule has 4 aromatic rings. The lowest BCUT2D eigenvalue weighted by molar-refractivity contribution is -0.126. The fourth-order valence-electron chi connectivity index (χ4n) is 4.11. The van der Waals surface area contributed by atoms with E-state index in [1.54, 1.807) is 12.4 Å². The van der Waals surface area contributed by atoms with Crippen LogP contribution in [-0.2, 0) is 9.59 Å². The number of carbonyl (C=O) groups is 2. The number of amides is 2. The van der Waals surface area contributed by atoms with Gasteiger partial charge in [-0.15, -0.1) is 0 Å². The molecule has 2 aromatic carbocycles. The molecule has 1 aliphatic carbocycles. The van der Waals surface area contributed by atoms with E-state index in [4.69, 9.17) is 16.5 Å². The molecule has 0 fully saturated rings. The standard InChI is InChI=1S/C23H20N6O2/c24-16(22(25)31)10-19(30)29-21-13-5-2-1-4-12(13)20-14(21)6-3-7-15(20)23-27-17-8-9-26-11-18(17)28-23/h1-9,11,16,21H,10,24H2,(H2,25,31)(H,27,28)(H,29,30)/t16-,21-/m1/s1. The number of aromatic nitrogens is 3. The van der Waals surface area contributed by atoms with Gasteiger partial charge in [0.05, 0.1) is 35.7 Å². The van der Waals surface area contributed by atoms with Crippen molar-refractivity contribution in [1.82, 2.24) is 20.3 Å². The second-order valence-corrected chi connectivity index (χ2v) is 7.55. The molecule has 2 aromatic heterocycles. The van der Waals surface area contributed by atoms with Crippen LogP contribution in [0.4, 0.5) is 0 Å². The third kappa shape index (κ3) is 3.23. The summed E-state index contributed by atoms with van der Waals surface area (Å²) in [6, 6.07) is 14.3. The predicted octanol–water partition coefficient (Wildman–Crippen LogP) is 2.01. The zero-order valence-corrected chi connectivity index (χ0v) is 16.5. The van der Waals surface area contributed by atoms with E-state index in [1.165, 1.54) is 0 Å².